The van der Waals surface area contributed by atoms with Gasteiger partial charge in [0.05, 0.1) is 18.1 Å². The highest BCUT2D eigenvalue weighted by Gasteiger charge is 2.28. The van der Waals surface area contributed by atoms with E-state index in [-0.39, 0.29) is 10.2 Å². The number of halogens is 1. The van der Waals surface area contributed by atoms with E-state index in [0.717, 1.165) is 5.56 Å². The van der Waals surface area contributed by atoms with Crippen LogP contribution >= 0.6 is 11.6 Å². The van der Waals surface area contributed by atoms with Gasteiger partial charge < -0.3 is 4.57 Å². The molecular formula is C16H15ClN4O2S. The van der Waals surface area contributed by atoms with E-state index in [2.05, 4.69) is 14.7 Å². The first kappa shape index (κ1) is 16.6. The lowest BCUT2D eigenvalue weighted by atomic mass is 10.0. The summed E-state index contributed by atoms with van der Waals surface area (Å²) in [5.74, 6) is 0. The van der Waals surface area contributed by atoms with Crippen molar-refractivity contribution in [3.8, 4) is 0 Å². The second-order valence-corrected chi connectivity index (χ2v) is 7.16. The van der Waals surface area contributed by atoms with Gasteiger partial charge in [-0.05, 0) is 17.7 Å². The predicted molar refractivity (Wildman–Crippen MR) is 91.1 cm³/mol. The number of rotatable bonds is 5. The van der Waals surface area contributed by atoms with Gasteiger partial charge in [-0.15, -0.1) is 0 Å². The third kappa shape index (κ3) is 3.33. The summed E-state index contributed by atoms with van der Waals surface area (Å²) in [6, 6.07) is 13.9. The lowest BCUT2D eigenvalue weighted by Gasteiger charge is -2.18. The van der Waals surface area contributed by atoms with Crippen LogP contribution in [-0.4, -0.2) is 23.0 Å². The fourth-order valence-corrected chi connectivity index (χ4v) is 3.90. The summed E-state index contributed by atoms with van der Waals surface area (Å²) in [5.41, 5.74) is 1.35. The van der Waals surface area contributed by atoms with E-state index in [4.69, 9.17) is 11.6 Å². The summed E-state index contributed by atoms with van der Waals surface area (Å²) < 4.78 is 29.5. The monoisotopic (exact) mass is 362 g/mol. The highest BCUT2D eigenvalue weighted by molar-refractivity contribution is 7.89. The molecule has 124 valence electrons. The zero-order valence-corrected chi connectivity index (χ0v) is 14.4. The largest absolute Gasteiger partial charge is 0.324 e. The minimum atomic E-state index is -3.92. The Morgan fingerprint density at radius 3 is 2.38 bits per heavy atom. The lowest BCUT2D eigenvalue weighted by Crippen LogP contribution is -2.30. The Hall–Kier alpha value is -2.22. The van der Waals surface area contributed by atoms with E-state index < -0.39 is 16.1 Å². The summed E-state index contributed by atoms with van der Waals surface area (Å²) in [6.07, 6.45) is 2.97. The summed E-state index contributed by atoms with van der Waals surface area (Å²) >= 11 is 6.03. The minimum Gasteiger partial charge on any atom is -0.324 e. The molecule has 0 saturated heterocycles. The summed E-state index contributed by atoms with van der Waals surface area (Å²) in [7, 11) is -2.29. The summed E-state index contributed by atoms with van der Waals surface area (Å²) in [6.45, 7) is 0. The van der Waals surface area contributed by atoms with Gasteiger partial charge in [0.15, 0.2) is 0 Å². The second kappa shape index (κ2) is 6.72. The van der Waals surface area contributed by atoms with Crippen LogP contribution in [-0.2, 0) is 17.1 Å². The molecule has 6 nitrogen and oxygen atoms in total. The molecule has 0 spiro atoms. The van der Waals surface area contributed by atoms with Gasteiger partial charge in [-0.3, -0.25) is 4.98 Å². The standard InChI is InChI=1S/C16H15ClN4O2S/c1-21-11-19-16(15(21)17)24(22,23)20-14(12-7-3-2-4-8-12)13-9-5-6-10-18-13/h2-11,14,20H,1H3/t14-/m0/s1. The van der Waals surface area contributed by atoms with Crippen LogP contribution in [0.1, 0.15) is 17.3 Å². The van der Waals surface area contributed by atoms with Crippen molar-refractivity contribution in [3.63, 3.8) is 0 Å². The Balaban J connectivity index is 2.03. The van der Waals surface area contributed by atoms with Gasteiger partial charge >= 0.3 is 0 Å². The molecule has 3 rings (SSSR count). The number of imidazole rings is 1. The van der Waals surface area contributed by atoms with E-state index in [1.807, 2.05) is 30.3 Å². The zero-order chi connectivity index (χ0) is 17.2. The molecule has 24 heavy (non-hydrogen) atoms. The average molecular weight is 363 g/mol. The number of benzene rings is 1. The van der Waals surface area contributed by atoms with Crippen LogP contribution in [0.3, 0.4) is 0 Å². The summed E-state index contributed by atoms with van der Waals surface area (Å²) in [4.78, 5) is 8.16. The molecule has 8 heteroatoms. The third-order valence-corrected chi connectivity index (χ3v) is 5.39. The highest BCUT2D eigenvalue weighted by atomic mass is 35.5. The van der Waals surface area contributed by atoms with Crippen LogP contribution in [0.25, 0.3) is 0 Å². The lowest BCUT2D eigenvalue weighted by molar-refractivity contribution is 0.567. The first-order chi connectivity index (χ1) is 11.5. The van der Waals surface area contributed by atoms with Crippen molar-refractivity contribution in [1.82, 2.24) is 19.3 Å². The van der Waals surface area contributed by atoms with Crippen LogP contribution in [0.15, 0.2) is 66.1 Å². The number of nitrogens with one attached hydrogen (secondary N) is 1. The fraction of sp³-hybridized carbons (Fsp3) is 0.125. The maximum atomic E-state index is 12.7. The first-order valence-electron chi connectivity index (χ1n) is 7.14. The Morgan fingerprint density at radius 1 is 1.08 bits per heavy atom. The van der Waals surface area contributed by atoms with Crippen molar-refractivity contribution < 1.29 is 8.42 Å². The molecular weight excluding hydrogens is 348 g/mol. The molecule has 0 bridgehead atoms. The van der Waals surface area contributed by atoms with Gasteiger partial charge in [0.2, 0.25) is 5.03 Å². The van der Waals surface area contributed by atoms with Gasteiger partial charge in [0.25, 0.3) is 10.0 Å². The molecule has 0 fully saturated rings. The van der Waals surface area contributed by atoms with E-state index in [0.29, 0.717) is 5.69 Å². The fourth-order valence-electron chi connectivity index (χ4n) is 2.28. The highest BCUT2D eigenvalue weighted by Crippen LogP contribution is 2.25. The zero-order valence-electron chi connectivity index (χ0n) is 12.8. The van der Waals surface area contributed by atoms with Crippen molar-refractivity contribution in [2.75, 3.05) is 0 Å². The van der Waals surface area contributed by atoms with Crippen molar-refractivity contribution in [1.29, 1.82) is 0 Å². The van der Waals surface area contributed by atoms with Crippen LogP contribution in [0.2, 0.25) is 5.15 Å². The van der Waals surface area contributed by atoms with Gasteiger partial charge in [-0.25, -0.2) is 13.4 Å². The van der Waals surface area contributed by atoms with Crippen molar-refractivity contribution >= 4 is 21.6 Å². The number of nitrogens with zero attached hydrogens (tertiary/aromatic N) is 3. The van der Waals surface area contributed by atoms with Crippen LogP contribution in [0.4, 0.5) is 0 Å². The number of aryl methyl sites for hydroxylation is 1. The Kier molecular flexibility index (Phi) is 4.66. The van der Waals surface area contributed by atoms with Gasteiger partial charge in [-0.2, -0.15) is 4.72 Å². The Bertz CT molecular complexity index is 888. The molecule has 1 aromatic carbocycles. The topological polar surface area (TPSA) is 76.9 Å². The summed E-state index contributed by atoms with van der Waals surface area (Å²) in [5, 5.41) is -0.154. The molecule has 0 amide bonds. The number of pyridine rings is 1. The molecule has 2 aromatic heterocycles. The van der Waals surface area contributed by atoms with Crippen molar-refractivity contribution in [2.45, 2.75) is 11.1 Å². The molecule has 1 N–H and O–H groups in total. The first-order valence-corrected chi connectivity index (χ1v) is 9.00. The minimum absolute atomic E-state index is 0.0512. The molecule has 0 aliphatic rings. The van der Waals surface area contributed by atoms with Gasteiger partial charge in [0.1, 0.15) is 5.15 Å². The van der Waals surface area contributed by atoms with E-state index in [9.17, 15) is 8.42 Å². The predicted octanol–water partition coefficient (Wildman–Crippen LogP) is 2.54. The normalized spacial score (nSPS) is 12.9. The van der Waals surface area contributed by atoms with Crippen LogP contribution in [0, 0.1) is 0 Å². The number of aromatic nitrogens is 3. The average Bonchev–Trinajstić information content (AvgIpc) is 2.94. The molecule has 3 aromatic rings. The maximum absolute atomic E-state index is 12.7. The number of hydrogen-bond acceptors (Lipinski definition) is 4. The second-order valence-electron chi connectivity index (χ2n) is 5.17. The Morgan fingerprint density at radius 2 is 1.79 bits per heavy atom. The molecule has 2 heterocycles. The van der Waals surface area contributed by atoms with Crippen LogP contribution in [0.5, 0.6) is 0 Å². The number of sulfonamides is 1. The molecule has 0 radical (unpaired) electrons. The van der Waals surface area contributed by atoms with Gasteiger partial charge in [0, 0.05) is 13.2 Å². The van der Waals surface area contributed by atoms with Crippen molar-refractivity contribution in [2.24, 2.45) is 7.05 Å². The van der Waals surface area contributed by atoms with Gasteiger partial charge in [-0.1, -0.05) is 48.0 Å². The Labute approximate surface area is 145 Å². The molecule has 0 saturated carbocycles. The van der Waals surface area contributed by atoms with E-state index in [1.54, 1.807) is 31.4 Å². The smallest absolute Gasteiger partial charge is 0.262 e. The molecule has 0 unspecified atom stereocenters. The van der Waals surface area contributed by atoms with E-state index >= 15 is 0 Å². The quantitative estimate of drug-likeness (QED) is 0.756. The third-order valence-electron chi connectivity index (χ3n) is 3.48. The maximum Gasteiger partial charge on any atom is 0.262 e. The van der Waals surface area contributed by atoms with Crippen LogP contribution < -0.4 is 4.72 Å². The SMILES string of the molecule is Cn1cnc(S(=O)(=O)N[C@@H](c2ccccc2)c2ccccn2)c1Cl. The van der Waals surface area contributed by atoms with Crippen molar-refractivity contribution in [3.05, 3.63) is 77.5 Å². The number of hydrogen-bond donors (Lipinski definition) is 1. The molecule has 0 aliphatic heterocycles. The molecule has 1 atom stereocenters. The molecule has 0 aliphatic carbocycles. The van der Waals surface area contributed by atoms with E-state index in [1.165, 1.54) is 10.9 Å².